The number of rotatable bonds is 3. The van der Waals surface area contributed by atoms with Gasteiger partial charge >= 0.3 is 0 Å². The van der Waals surface area contributed by atoms with Crippen LogP contribution in [0.5, 0.6) is 0 Å². The minimum Gasteiger partial charge on any atom is -0.337 e. The highest BCUT2D eigenvalue weighted by atomic mass is 35.5. The van der Waals surface area contributed by atoms with Crippen LogP contribution in [0.4, 0.5) is 0 Å². The third-order valence-electron chi connectivity index (χ3n) is 2.45. The maximum atomic E-state index is 5.65. The van der Waals surface area contributed by atoms with Crippen LogP contribution in [0.1, 0.15) is 31.3 Å². The summed E-state index contributed by atoms with van der Waals surface area (Å²) in [5.74, 6) is 1.06. The Morgan fingerprint density at radius 2 is 1.94 bits per heavy atom. The Balaban J connectivity index is 0.00000144. The summed E-state index contributed by atoms with van der Waals surface area (Å²) in [6.45, 7) is 3.94. The van der Waals surface area contributed by atoms with Gasteiger partial charge in [-0.15, -0.1) is 12.4 Å². The van der Waals surface area contributed by atoms with Crippen LogP contribution in [-0.4, -0.2) is 10.1 Å². The fourth-order valence-electron chi connectivity index (χ4n) is 1.43. The van der Waals surface area contributed by atoms with E-state index in [0.717, 1.165) is 12.0 Å². The first kappa shape index (κ1) is 13.7. The number of aryl methyl sites for hydroxylation is 1. The highest BCUT2D eigenvalue weighted by Crippen LogP contribution is 2.18. The van der Waals surface area contributed by atoms with E-state index in [2.05, 4.69) is 29.2 Å². The van der Waals surface area contributed by atoms with Crippen molar-refractivity contribution in [2.24, 2.45) is 5.73 Å². The molecule has 2 N–H and O–H groups in total. The molecule has 0 unspecified atom stereocenters. The number of nitrogens with zero attached hydrogens (tertiary/aromatic N) is 2. The summed E-state index contributed by atoms with van der Waals surface area (Å²) in [6.07, 6.45) is 1.03. The first-order chi connectivity index (χ1) is 7.70. The van der Waals surface area contributed by atoms with Crippen molar-refractivity contribution in [2.75, 3.05) is 0 Å². The van der Waals surface area contributed by atoms with Crippen LogP contribution in [0.2, 0.25) is 0 Å². The molecule has 0 aliphatic heterocycles. The maximum absolute atomic E-state index is 5.65. The molecule has 92 valence electrons. The van der Waals surface area contributed by atoms with E-state index in [4.69, 9.17) is 10.3 Å². The Kier molecular flexibility index (Phi) is 4.66. The summed E-state index contributed by atoms with van der Waals surface area (Å²) in [6, 6.07) is 7.90. The molecule has 0 fully saturated rings. The average Bonchev–Trinajstić information content (AvgIpc) is 2.78. The van der Waals surface area contributed by atoms with Crippen molar-refractivity contribution in [3.05, 3.63) is 35.7 Å². The lowest BCUT2D eigenvalue weighted by Crippen LogP contribution is -2.04. The molecule has 17 heavy (non-hydrogen) atoms. The fraction of sp³-hybridized carbons (Fsp3) is 0.333. The maximum Gasteiger partial charge on any atom is 0.243 e. The Hall–Kier alpha value is -1.39. The smallest absolute Gasteiger partial charge is 0.243 e. The minimum absolute atomic E-state index is 0. The molecule has 0 bridgehead atoms. The largest absolute Gasteiger partial charge is 0.337 e. The predicted octanol–water partition coefficient (Wildman–Crippen LogP) is 2.74. The normalized spacial score (nSPS) is 11.9. The molecule has 0 aliphatic carbocycles. The number of nitrogens with two attached hydrogens (primary N) is 1. The quantitative estimate of drug-likeness (QED) is 0.914. The second-order valence-electron chi connectivity index (χ2n) is 3.80. The lowest BCUT2D eigenvalue weighted by Gasteiger charge is -1.97. The lowest BCUT2D eigenvalue weighted by molar-refractivity contribution is 0.362. The van der Waals surface area contributed by atoms with Gasteiger partial charge in [0.1, 0.15) is 0 Å². The van der Waals surface area contributed by atoms with E-state index in [1.54, 1.807) is 0 Å². The summed E-state index contributed by atoms with van der Waals surface area (Å²) >= 11 is 0. The van der Waals surface area contributed by atoms with Gasteiger partial charge in [0.2, 0.25) is 11.7 Å². The molecule has 2 aromatic rings. The third-order valence-corrected chi connectivity index (χ3v) is 2.45. The Bertz CT molecular complexity index is 465. The van der Waals surface area contributed by atoms with Crippen LogP contribution in [0.15, 0.2) is 28.8 Å². The standard InChI is InChI=1S/C12H15N3O.ClH/c1-3-9-4-6-10(7-5-9)11-14-12(8(2)13)16-15-11;/h4-8H,3,13H2,1-2H3;1H/t8-;/m0./s1. The van der Waals surface area contributed by atoms with Crippen LogP contribution >= 0.6 is 12.4 Å². The van der Waals surface area contributed by atoms with E-state index in [0.29, 0.717) is 11.7 Å². The first-order valence-electron chi connectivity index (χ1n) is 5.39. The first-order valence-corrected chi connectivity index (χ1v) is 5.39. The summed E-state index contributed by atoms with van der Waals surface area (Å²) in [5.41, 5.74) is 7.90. The zero-order chi connectivity index (χ0) is 11.5. The van der Waals surface area contributed by atoms with Crippen molar-refractivity contribution in [2.45, 2.75) is 26.3 Å². The molecule has 1 heterocycles. The van der Waals surface area contributed by atoms with Crippen LogP contribution in [0, 0.1) is 0 Å². The zero-order valence-electron chi connectivity index (χ0n) is 9.88. The van der Waals surface area contributed by atoms with Gasteiger partial charge in [-0.3, -0.25) is 0 Å². The van der Waals surface area contributed by atoms with Crippen molar-refractivity contribution in [3.63, 3.8) is 0 Å². The van der Waals surface area contributed by atoms with Gasteiger partial charge in [0, 0.05) is 5.56 Å². The van der Waals surface area contributed by atoms with Gasteiger partial charge < -0.3 is 10.3 Å². The Morgan fingerprint density at radius 3 is 2.41 bits per heavy atom. The highest BCUT2D eigenvalue weighted by Gasteiger charge is 2.11. The van der Waals surface area contributed by atoms with E-state index >= 15 is 0 Å². The zero-order valence-corrected chi connectivity index (χ0v) is 10.7. The number of halogens is 1. The van der Waals surface area contributed by atoms with Gasteiger partial charge in [-0.1, -0.05) is 36.3 Å². The molecule has 0 spiro atoms. The van der Waals surface area contributed by atoms with E-state index in [1.807, 2.05) is 19.1 Å². The minimum atomic E-state index is -0.226. The molecule has 1 aromatic carbocycles. The number of hydrogen-bond acceptors (Lipinski definition) is 4. The van der Waals surface area contributed by atoms with Gasteiger partial charge in [-0.2, -0.15) is 4.98 Å². The van der Waals surface area contributed by atoms with Crippen molar-refractivity contribution in [3.8, 4) is 11.4 Å². The van der Waals surface area contributed by atoms with Crippen LogP contribution in [-0.2, 0) is 6.42 Å². The summed E-state index contributed by atoms with van der Waals surface area (Å²) < 4.78 is 5.05. The number of hydrogen-bond donors (Lipinski definition) is 1. The van der Waals surface area contributed by atoms with Crippen LogP contribution < -0.4 is 5.73 Å². The van der Waals surface area contributed by atoms with Crippen LogP contribution in [0.3, 0.4) is 0 Å². The molecule has 5 heteroatoms. The number of aromatic nitrogens is 2. The van der Waals surface area contributed by atoms with Gasteiger partial charge in [0.15, 0.2) is 0 Å². The summed E-state index contributed by atoms with van der Waals surface area (Å²) in [7, 11) is 0. The van der Waals surface area contributed by atoms with Gasteiger partial charge in [-0.25, -0.2) is 0 Å². The van der Waals surface area contributed by atoms with E-state index in [9.17, 15) is 0 Å². The van der Waals surface area contributed by atoms with Crippen molar-refractivity contribution in [1.29, 1.82) is 0 Å². The molecule has 2 rings (SSSR count). The average molecular weight is 254 g/mol. The van der Waals surface area contributed by atoms with Gasteiger partial charge in [-0.05, 0) is 18.9 Å². The molecule has 0 aliphatic rings. The third kappa shape index (κ3) is 3.05. The summed E-state index contributed by atoms with van der Waals surface area (Å²) in [5, 5.41) is 3.90. The fourth-order valence-corrected chi connectivity index (χ4v) is 1.43. The molecule has 1 atom stereocenters. The lowest BCUT2D eigenvalue weighted by atomic mass is 10.1. The Morgan fingerprint density at radius 1 is 1.29 bits per heavy atom. The Labute approximate surface area is 107 Å². The molecule has 0 saturated carbocycles. The molecular weight excluding hydrogens is 238 g/mol. The predicted molar refractivity (Wildman–Crippen MR) is 69.0 cm³/mol. The SMILES string of the molecule is CCc1ccc(-c2noc([C@H](C)N)n2)cc1.Cl. The topological polar surface area (TPSA) is 64.9 Å². The molecule has 4 nitrogen and oxygen atoms in total. The van der Waals surface area contributed by atoms with E-state index in [-0.39, 0.29) is 18.4 Å². The van der Waals surface area contributed by atoms with Crippen molar-refractivity contribution < 1.29 is 4.52 Å². The molecular formula is C12H16ClN3O. The van der Waals surface area contributed by atoms with Crippen LogP contribution in [0.25, 0.3) is 11.4 Å². The van der Waals surface area contributed by atoms with Crippen molar-refractivity contribution >= 4 is 12.4 Å². The van der Waals surface area contributed by atoms with E-state index in [1.165, 1.54) is 5.56 Å². The monoisotopic (exact) mass is 253 g/mol. The second kappa shape index (κ2) is 5.80. The van der Waals surface area contributed by atoms with Crippen molar-refractivity contribution in [1.82, 2.24) is 10.1 Å². The molecule has 0 amide bonds. The highest BCUT2D eigenvalue weighted by molar-refractivity contribution is 5.85. The second-order valence-corrected chi connectivity index (χ2v) is 3.80. The van der Waals surface area contributed by atoms with E-state index < -0.39 is 0 Å². The van der Waals surface area contributed by atoms with Gasteiger partial charge in [0.05, 0.1) is 6.04 Å². The molecule has 0 radical (unpaired) electrons. The summed E-state index contributed by atoms with van der Waals surface area (Å²) in [4.78, 5) is 4.23. The molecule has 0 saturated heterocycles. The molecule has 1 aromatic heterocycles. The van der Waals surface area contributed by atoms with Gasteiger partial charge in [0.25, 0.3) is 0 Å². The number of benzene rings is 1.